The van der Waals surface area contributed by atoms with E-state index in [0.29, 0.717) is 0 Å². The Hall–Kier alpha value is -0.0800. The summed E-state index contributed by atoms with van der Waals surface area (Å²) >= 11 is 0. The van der Waals surface area contributed by atoms with Crippen LogP contribution in [0.25, 0.3) is 0 Å². The molecular weight excluding hydrogens is 172 g/mol. The second-order valence-electron chi connectivity index (χ2n) is 5.04. The quantitative estimate of drug-likeness (QED) is 0.632. The first-order chi connectivity index (χ1) is 6.49. The lowest BCUT2D eigenvalue weighted by molar-refractivity contribution is 0.387. The molecule has 0 aliphatic carbocycles. The predicted molar refractivity (Wildman–Crippen MR) is 64.4 cm³/mol. The van der Waals surface area contributed by atoms with Gasteiger partial charge in [0.2, 0.25) is 0 Å². The van der Waals surface area contributed by atoms with Crippen molar-refractivity contribution >= 4 is 0 Å². The normalized spacial score (nSPS) is 14.4. The van der Waals surface area contributed by atoms with Crippen molar-refractivity contribution in [2.75, 3.05) is 13.1 Å². The second kappa shape index (κ2) is 7.24. The van der Waals surface area contributed by atoms with E-state index < -0.39 is 0 Å². The number of hydrogen-bond donors (Lipinski definition) is 2. The Bertz CT molecular complexity index is 127. The third-order valence-corrected chi connectivity index (χ3v) is 2.56. The molecule has 0 aliphatic rings. The zero-order valence-corrected chi connectivity index (χ0v) is 10.4. The number of rotatable bonds is 8. The molecule has 0 rings (SSSR count). The van der Waals surface area contributed by atoms with E-state index in [1.807, 2.05) is 0 Å². The van der Waals surface area contributed by atoms with Crippen molar-refractivity contribution < 1.29 is 0 Å². The van der Waals surface area contributed by atoms with E-state index in [-0.39, 0.29) is 5.54 Å². The largest absolute Gasteiger partial charge is 0.324 e. The summed E-state index contributed by atoms with van der Waals surface area (Å²) in [6, 6.07) is 0. The van der Waals surface area contributed by atoms with Crippen molar-refractivity contribution in [2.24, 2.45) is 11.7 Å². The topological polar surface area (TPSA) is 38.0 Å². The summed E-state index contributed by atoms with van der Waals surface area (Å²) in [4.78, 5) is 0. The van der Waals surface area contributed by atoms with Crippen molar-refractivity contribution in [2.45, 2.75) is 58.9 Å². The summed E-state index contributed by atoms with van der Waals surface area (Å²) in [7, 11) is 0. The van der Waals surface area contributed by atoms with Crippen molar-refractivity contribution in [3.8, 4) is 0 Å². The summed E-state index contributed by atoms with van der Waals surface area (Å²) in [5, 5.41) is 3.46. The maximum absolute atomic E-state index is 5.90. The Balaban J connectivity index is 3.52. The maximum atomic E-state index is 5.90. The van der Waals surface area contributed by atoms with Crippen molar-refractivity contribution in [1.82, 2.24) is 5.32 Å². The summed E-state index contributed by atoms with van der Waals surface area (Å²) in [6.07, 6.45) is 5.29. The first-order valence-electron chi connectivity index (χ1n) is 5.99. The highest BCUT2D eigenvalue weighted by Crippen LogP contribution is 2.11. The lowest BCUT2D eigenvalue weighted by Gasteiger charge is -2.22. The Kier molecular flexibility index (Phi) is 7.20. The third kappa shape index (κ3) is 8.52. The molecule has 0 fully saturated rings. The monoisotopic (exact) mass is 200 g/mol. The Morgan fingerprint density at radius 1 is 1.29 bits per heavy atom. The fourth-order valence-corrected chi connectivity index (χ4v) is 1.54. The average Bonchev–Trinajstić information content (AvgIpc) is 2.09. The summed E-state index contributed by atoms with van der Waals surface area (Å²) < 4.78 is 0. The van der Waals surface area contributed by atoms with Gasteiger partial charge in [0, 0.05) is 12.1 Å². The molecule has 0 aromatic rings. The van der Waals surface area contributed by atoms with Gasteiger partial charge >= 0.3 is 0 Å². The Morgan fingerprint density at radius 3 is 2.36 bits per heavy atom. The summed E-state index contributed by atoms with van der Waals surface area (Å²) in [5.41, 5.74) is 5.82. The molecule has 0 heterocycles. The van der Waals surface area contributed by atoms with Gasteiger partial charge in [0.15, 0.2) is 0 Å². The smallest absolute Gasteiger partial charge is 0.0223 e. The van der Waals surface area contributed by atoms with E-state index in [9.17, 15) is 0 Å². The molecule has 2 nitrogen and oxygen atoms in total. The minimum absolute atomic E-state index is 0.0803. The minimum Gasteiger partial charge on any atom is -0.324 e. The summed E-state index contributed by atoms with van der Waals surface area (Å²) in [6.45, 7) is 10.7. The van der Waals surface area contributed by atoms with Gasteiger partial charge in [-0.05, 0) is 32.7 Å². The fourth-order valence-electron chi connectivity index (χ4n) is 1.54. The highest BCUT2D eigenvalue weighted by molar-refractivity contribution is 4.75. The average molecular weight is 200 g/mol. The van der Waals surface area contributed by atoms with Gasteiger partial charge in [0.1, 0.15) is 0 Å². The van der Waals surface area contributed by atoms with Gasteiger partial charge in [-0.2, -0.15) is 0 Å². The molecule has 3 N–H and O–H groups in total. The molecule has 1 unspecified atom stereocenters. The maximum Gasteiger partial charge on any atom is 0.0223 e. The number of nitrogens with two attached hydrogens (primary N) is 1. The molecule has 14 heavy (non-hydrogen) atoms. The number of hydrogen-bond acceptors (Lipinski definition) is 2. The molecule has 0 saturated heterocycles. The van der Waals surface area contributed by atoms with Crippen LogP contribution in [0.15, 0.2) is 0 Å². The van der Waals surface area contributed by atoms with Crippen molar-refractivity contribution in [3.05, 3.63) is 0 Å². The van der Waals surface area contributed by atoms with Crippen LogP contribution in [0, 0.1) is 5.92 Å². The molecular formula is C12H28N2. The molecule has 0 spiro atoms. The van der Waals surface area contributed by atoms with E-state index >= 15 is 0 Å². The number of nitrogens with one attached hydrogen (secondary N) is 1. The molecule has 0 aromatic carbocycles. The highest BCUT2D eigenvalue weighted by atomic mass is 14.9. The molecule has 0 aromatic heterocycles. The van der Waals surface area contributed by atoms with E-state index in [0.717, 1.165) is 19.0 Å². The van der Waals surface area contributed by atoms with Crippen LogP contribution in [0.1, 0.15) is 53.4 Å². The molecule has 2 heteroatoms. The molecule has 86 valence electrons. The van der Waals surface area contributed by atoms with E-state index in [1.54, 1.807) is 0 Å². The van der Waals surface area contributed by atoms with E-state index in [2.05, 4.69) is 33.0 Å². The van der Waals surface area contributed by atoms with Gasteiger partial charge in [0.05, 0.1) is 0 Å². The SMILES string of the molecule is CCCCC(CC)CNCC(C)(C)N. The lowest BCUT2D eigenvalue weighted by Crippen LogP contribution is -2.44. The third-order valence-electron chi connectivity index (χ3n) is 2.56. The van der Waals surface area contributed by atoms with Crippen LogP contribution in [0.3, 0.4) is 0 Å². The van der Waals surface area contributed by atoms with Gasteiger partial charge in [-0.3, -0.25) is 0 Å². The van der Waals surface area contributed by atoms with Crippen LogP contribution < -0.4 is 11.1 Å². The van der Waals surface area contributed by atoms with Gasteiger partial charge in [-0.15, -0.1) is 0 Å². The molecule has 0 aliphatic heterocycles. The van der Waals surface area contributed by atoms with Crippen LogP contribution in [0.2, 0.25) is 0 Å². The van der Waals surface area contributed by atoms with E-state index in [1.165, 1.54) is 25.7 Å². The van der Waals surface area contributed by atoms with Gasteiger partial charge in [-0.1, -0.05) is 33.1 Å². The molecule has 0 bridgehead atoms. The lowest BCUT2D eigenvalue weighted by atomic mass is 9.99. The molecule has 1 atom stereocenters. The molecule has 0 radical (unpaired) electrons. The van der Waals surface area contributed by atoms with Crippen LogP contribution in [0.4, 0.5) is 0 Å². The highest BCUT2D eigenvalue weighted by Gasteiger charge is 2.11. The predicted octanol–water partition coefficient (Wildman–Crippen LogP) is 2.53. The minimum atomic E-state index is -0.0803. The van der Waals surface area contributed by atoms with Gasteiger partial charge < -0.3 is 11.1 Å². The molecule has 0 saturated carbocycles. The van der Waals surface area contributed by atoms with Crippen LogP contribution in [-0.2, 0) is 0 Å². The van der Waals surface area contributed by atoms with E-state index in [4.69, 9.17) is 5.73 Å². The number of unbranched alkanes of at least 4 members (excludes halogenated alkanes) is 1. The second-order valence-corrected chi connectivity index (χ2v) is 5.04. The first kappa shape index (κ1) is 13.9. The van der Waals surface area contributed by atoms with Crippen molar-refractivity contribution in [1.29, 1.82) is 0 Å². The van der Waals surface area contributed by atoms with Crippen molar-refractivity contribution in [3.63, 3.8) is 0 Å². The van der Waals surface area contributed by atoms with Gasteiger partial charge in [-0.25, -0.2) is 0 Å². The molecule has 0 amide bonds. The van der Waals surface area contributed by atoms with Crippen LogP contribution >= 0.6 is 0 Å². The van der Waals surface area contributed by atoms with Crippen LogP contribution in [0.5, 0.6) is 0 Å². The van der Waals surface area contributed by atoms with Gasteiger partial charge in [0.25, 0.3) is 0 Å². The fraction of sp³-hybridized carbons (Fsp3) is 1.00. The Labute approximate surface area is 89.6 Å². The summed E-state index contributed by atoms with van der Waals surface area (Å²) in [5.74, 6) is 0.831. The Morgan fingerprint density at radius 2 is 1.93 bits per heavy atom. The zero-order valence-electron chi connectivity index (χ0n) is 10.4. The van der Waals surface area contributed by atoms with Crippen LogP contribution in [-0.4, -0.2) is 18.6 Å². The first-order valence-corrected chi connectivity index (χ1v) is 5.99. The standard InChI is InChI=1S/C12H28N2/c1-5-7-8-11(6-2)9-14-10-12(3,4)13/h11,14H,5-10,13H2,1-4H3. The zero-order chi connectivity index (χ0) is 11.0.